The number of carbonyl (C=O) groups is 2. The topological polar surface area (TPSA) is 89.5 Å². The minimum atomic E-state index is -0.416. The minimum Gasteiger partial charge on any atom is -0.368 e. The van der Waals surface area contributed by atoms with Gasteiger partial charge < -0.3 is 15.6 Å². The fourth-order valence-electron chi connectivity index (χ4n) is 3.28. The Labute approximate surface area is 172 Å². The molecule has 0 spiro atoms. The Morgan fingerprint density at radius 3 is 2.79 bits per heavy atom. The maximum Gasteiger partial charge on any atom is 0.264 e. The molecular formula is C22H20N4O2S. The summed E-state index contributed by atoms with van der Waals surface area (Å²) in [4.78, 5) is 29.0. The highest BCUT2D eigenvalue weighted by Gasteiger charge is 2.24. The summed E-state index contributed by atoms with van der Waals surface area (Å²) < 4.78 is 1.80. The van der Waals surface area contributed by atoms with Gasteiger partial charge in [-0.2, -0.15) is 0 Å². The molecule has 1 aliphatic heterocycles. The molecule has 6 nitrogen and oxygen atoms in total. The summed E-state index contributed by atoms with van der Waals surface area (Å²) in [5, 5.41) is 4.34. The number of nitrogens with zero attached hydrogens (tertiary/aromatic N) is 2. The van der Waals surface area contributed by atoms with E-state index in [9.17, 15) is 9.59 Å². The normalized spacial score (nSPS) is 16.7. The number of aliphatic imine (C=N–C) groups is 1. The van der Waals surface area contributed by atoms with Crippen LogP contribution in [0.3, 0.4) is 0 Å². The van der Waals surface area contributed by atoms with E-state index in [-0.39, 0.29) is 12.5 Å². The van der Waals surface area contributed by atoms with Gasteiger partial charge in [0.15, 0.2) is 5.17 Å². The number of aromatic nitrogens is 1. The number of benzene rings is 2. The monoisotopic (exact) mass is 404 g/mol. The molecule has 2 aromatic carbocycles. The van der Waals surface area contributed by atoms with Crippen molar-refractivity contribution in [3.8, 4) is 0 Å². The summed E-state index contributed by atoms with van der Waals surface area (Å²) in [6.45, 7) is 4.13. The van der Waals surface area contributed by atoms with Crippen molar-refractivity contribution in [2.45, 2.75) is 20.4 Å². The maximum atomic E-state index is 12.5. The summed E-state index contributed by atoms with van der Waals surface area (Å²) in [5.41, 5.74) is 10.2. The van der Waals surface area contributed by atoms with Gasteiger partial charge in [-0.15, -0.1) is 0 Å². The number of hydrogen-bond acceptors (Lipinski definition) is 4. The molecule has 0 atom stereocenters. The molecule has 2 amide bonds. The van der Waals surface area contributed by atoms with Gasteiger partial charge in [-0.25, -0.2) is 4.99 Å². The predicted molar refractivity (Wildman–Crippen MR) is 118 cm³/mol. The van der Waals surface area contributed by atoms with E-state index in [1.165, 1.54) is 11.8 Å². The van der Waals surface area contributed by atoms with Gasteiger partial charge in [0.2, 0.25) is 5.91 Å². The van der Waals surface area contributed by atoms with Crippen molar-refractivity contribution in [1.29, 1.82) is 0 Å². The van der Waals surface area contributed by atoms with Crippen molar-refractivity contribution in [2.24, 2.45) is 10.7 Å². The van der Waals surface area contributed by atoms with E-state index in [0.29, 0.717) is 10.1 Å². The van der Waals surface area contributed by atoms with Crippen LogP contribution in [0, 0.1) is 13.8 Å². The van der Waals surface area contributed by atoms with Crippen molar-refractivity contribution >= 4 is 51.4 Å². The molecule has 0 saturated carbocycles. The summed E-state index contributed by atoms with van der Waals surface area (Å²) in [6.07, 6.45) is 3.67. The molecule has 0 bridgehead atoms. The van der Waals surface area contributed by atoms with Gasteiger partial charge in [0.1, 0.15) is 6.54 Å². The number of carbonyl (C=O) groups excluding carboxylic acids is 2. The van der Waals surface area contributed by atoms with Crippen molar-refractivity contribution in [3.05, 3.63) is 70.3 Å². The standard InChI is InChI=1S/C22H20N4O2S/c1-13-6-5-8-17(14(13)2)24-22-25-21(28)19(29-22)10-15-11-26(12-20(23)27)18-9-4-3-7-16(15)18/h3-11H,12H2,1-2H3,(H2,23,27)(H,24,25,28)/b19-10-. The Balaban J connectivity index is 1.69. The van der Waals surface area contributed by atoms with Crippen LogP contribution in [-0.4, -0.2) is 21.5 Å². The summed E-state index contributed by atoms with van der Waals surface area (Å²) in [7, 11) is 0. The second kappa shape index (κ2) is 7.60. The van der Waals surface area contributed by atoms with Gasteiger partial charge in [-0.05, 0) is 54.9 Å². The number of thioether (sulfide) groups is 1. The summed E-state index contributed by atoms with van der Waals surface area (Å²) in [5.74, 6) is -0.605. The van der Waals surface area contributed by atoms with E-state index >= 15 is 0 Å². The number of amidine groups is 1. The van der Waals surface area contributed by atoms with Crippen LogP contribution in [0.1, 0.15) is 16.7 Å². The molecule has 1 aromatic heterocycles. The van der Waals surface area contributed by atoms with Gasteiger partial charge >= 0.3 is 0 Å². The number of para-hydroxylation sites is 1. The number of nitrogens with two attached hydrogens (primary N) is 1. The third kappa shape index (κ3) is 3.82. The highest BCUT2D eigenvalue weighted by Crippen LogP contribution is 2.32. The third-order valence-electron chi connectivity index (χ3n) is 4.88. The highest BCUT2D eigenvalue weighted by molar-refractivity contribution is 8.18. The quantitative estimate of drug-likeness (QED) is 0.651. The van der Waals surface area contributed by atoms with Crippen LogP contribution in [0.15, 0.2) is 58.6 Å². The van der Waals surface area contributed by atoms with E-state index < -0.39 is 5.91 Å². The average Bonchev–Trinajstić information content (AvgIpc) is 3.19. The minimum absolute atomic E-state index is 0.0857. The number of fused-ring (bicyclic) bond motifs is 1. The first-order valence-corrected chi connectivity index (χ1v) is 9.96. The molecule has 1 fully saturated rings. The van der Waals surface area contributed by atoms with Crippen LogP contribution in [0.25, 0.3) is 17.0 Å². The molecule has 4 rings (SSSR count). The zero-order chi connectivity index (χ0) is 20.5. The molecule has 7 heteroatoms. The molecule has 3 aromatic rings. The lowest BCUT2D eigenvalue weighted by molar-refractivity contribution is -0.118. The first kappa shape index (κ1) is 19.0. The fourth-order valence-corrected chi connectivity index (χ4v) is 4.10. The van der Waals surface area contributed by atoms with Gasteiger partial charge in [-0.3, -0.25) is 9.59 Å². The van der Waals surface area contributed by atoms with Gasteiger partial charge in [0.05, 0.1) is 10.6 Å². The van der Waals surface area contributed by atoms with E-state index in [1.807, 2.05) is 68.6 Å². The van der Waals surface area contributed by atoms with Crippen molar-refractivity contribution in [3.63, 3.8) is 0 Å². The molecule has 1 saturated heterocycles. The maximum absolute atomic E-state index is 12.5. The van der Waals surface area contributed by atoms with Crippen molar-refractivity contribution in [2.75, 3.05) is 0 Å². The fraction of sp³-hybridized carbons (Fsp3) is 0.136. The second-order valence-corrected chi connectivity index (χ2v) is 7.93. The molecule has 3 N–H and O–H groups in total. The molecule has 146 valence electrons. The lowest BCUT2D eigenvalue weighted by Crippen LogP contribution is -2.19. The van der Waals surface area contributed by atoms with Gasteiger partial charge in [0, 0.05) is 22.7 Å². The van der Waals surface area contributed by atoms with Crippen molar-refractivity contribution < 1.29 is 9.59 Å². The smallest absolute Gasteiger partial charge is 0.264 e. The summed E-state index contributed by atoms with van der Waals surface area (Å²) >= 11 is 1.30. The number of amides is 2. The highest BCUT2D eigenvalue weighted by atomic mass is 32.2. The lowest BCUT2D eigenvalue weighted by Gasteiger charge is -2.04. The Hall–Kier alpha value is -3.32. The van der Waals surface area contributed by atoms with Gasteiger partial charge in [0.25, 0.3) is 5.91 Å². The molecular weight excluding hydrogens is 384 g/mol. The second-order valence-electron chi connectivity index (χ2n) is 6.90. The van der Waals surface area contributed by atoms with E-state index in [1.54, 1.807) is 4.57 Å². The SMILES string of the molecule is Cc1cccc(N=C2NC(=O)/C(=C/c3cn(CC(N)=O)c4ccccc34)S2)c1C. The van der Waals surface area contributed by atoms with Crippen molar-refractivity contribution in [1.82, 2.24) is 9.88 Å². The Kier molecular flexibility index (Phi) is 4.98. The molecule has 1 aliphatic rings. The molecule has 0 aliphatic carbocycles. The van der Waals surface area contributed by atoms with Crippen LogP contribution < -0.4 is 11.1 Å². The molecule has 2 heterocycles. The number of rotatable bonds is 4. The van der Waals surface area contributed by atoms with Crippen LogP contribution >= 0.6 is 11.8 Å². The Morgan fingerprint density at radius 1 is 1.21 bits per heavy atom. The zero-order valence-corrected chi connectivity index (χ0v) is 16.9. The number of primary amides is 1. The lowest BCUT2D eigenvalue weighted by atomic mass is 10.1. The third-order valence-corrected chi connectivity index (χ3v) is 5.79. The first-order chi connectivity index (χ1) is 13.9. The molecule has 0 unspecified atom stereocenters. The number of hydrogen-bond donors (Lipinski definition) is 2. The van der Waals surface area contributed by atoms with Crippen LogP contribution in [0.5, 0.6) is 0 Å². The van der Waals surface area contributed by atoms with Crippen LogP contribution in [-0.2, 0) is 16.1 Å². The van der Waals surface area contributed by atoms with E-state index in [0.717, 1.165) is 33.3 Å². The Morgan fingerprint density at radius 2 is 2.00 bits per heavy atom. The first-order valence-electron chi connectivity index (χ1n) is 9.14. The summed E-state index contributed by atoms with van der Waals surface area (Å²) in [6, 6.07) is 13.6. The zero-order valence-electron chi connectivity index (χ0n) is 16.1. The van der Waals surface area contributed by atoms with Gasteiger partial charge in [-0.1, -0.05) is 30.3 Å². The Bertz CT molecular complexity index is 1210. The number of nitrogens with one attached hydrogen (secondary N) is 1. The predicted octanol–water partition coefficient (Wildman–Crippen LogP) is 3.64. The van der Waals surface area contributed by atoms with E-state index in [2.05, 4.69) is 10.3 Å². The van der Waals surface area contributed by atoms with Crippen LogP contribution in [0.4, 0.5) is 5.69 Å². The number of aryl methyl sites for hydroxylation is 1. The molecule has 29 heavy (non-hydrogen) atoms. The van der Waals surface area contributed by atoms with E-state index in [4.69, 9.17) is 5.73 Å². The average molecular weight is 404 g/mol. The largest absolute Gasteiger partial charge is 0.368 e. The van der Waals surface area contributed by atoms with Crippen LogP contribution in [0.2, 0.25) is 0 Å². The molecule has 0 radical (unpaired) electrons.